The fourth-order valence-corrected chi connectivity index (χ4v) is 7.24. The lowest BCUT2D eigenvalue weighted by molar-refractivity contribution is -0.0671. The van der Waals surface area contributed by atoms with Crippen LogP contribution in [-0.4, -0.2) is 98.9 Å². The number of aliphatic hydroxyl groups excluding tert-OH is 1. The van der Waals surface area contributed by atoms with Crippen molar-refractivity contribution >= 4 is 49.6 Å². The molecule has 0 aromatic carbocycles. The highest BCUT2D eigenvalue weighted by Crippen LogP contribution is 2.54. The van der Waals surface area contributed by atoms with Crippen LogP contribution in [0.1, 0.15) is 12.5 Å². The maximum Gasteiger partial charge on any atom is 0.472 e. The number of fused-ring (bicyclic) bond motifs is 5. The van der Waals surface area contributed by atoms with E-state index in [0.717, 1.165) is 10.9 Å². The van der Waals surface area contributed by atoms with Crippen LogP contribution in [0, 0.1) is 0 Å². The minimum Gasteiger partial charge on any atom is -0.397 e. The number of rotatable bonds is 2. The number of aromatic amines is 1. The monoisotopic (exact) mass is 675 g/mol. The molecule has 0 aliphatic carbocycles. The Morgan fingerprint density at radius 2 is 1.53 bits per heavy atom. The Balaban J connectivity index is 1.21. The summed E-state index contributed by atoms with van der Waals surface area (Å²) in [4.78, 5) is 51.9. The third kappa shape index (κ3) is 5.32. The zero-order valence-electron chi connectivity index (χ0n) is 22.5. The number of aliphatic hydroxyl groups is 1. The Hall–Kier alpha value is -3.40. The molecule has 3 aliphatic rings. The number of phosphoric acid groups is 2. The normalized spacial score (nSPS) is 37.7. The number of anilines is 2. The number of halogens is 1. The summed E-state index contributed by atoms with van der Waals surface area (Å²) in [5, 5.41) is 11.1. The second-order valence-electron chi connectivity index (χ2n) is 10.2. The molecule has 0 amide bonds. The van der Waals surface area contributed by atoms with Crippen molar-refractivity contribution < 1.29 is 56.0 Å². The first-order chi connectivity index (χ1) is 21.3. The van der Waals surface area contributed by atoms with Crippen molar-refractivity contribution in [1.82, 2.24) is 34.1 Å². The molecule has 0 saturated carbocycles. The highest BCUT2D eigenvalue weighted by Gasteiger charge is 2.54. The van der Waals surface area contributed by atoms with E-state index in [1.807, 2.05) is 0 Å². The second kappa shape index (κ2) is 10.9. The number of nitrogens with two attached hydrogens (primary N) is 2. The molecular weight excluding hydrogens is 651 g/mol. The molecule has 8 N–H and O–H groups in total. The van der Waals surface area contributed by atoms with Crippen molar-refractivity contribution in [1.29, 1.82) is 0 Å². The van der Waals surface area contributed by atoms with Crippen LogP contribution in [0.3, 0.4) is 0 Å². The van der Waals surface area contributed by atoms with E-state index in [-0.39, 0.29) is 34.0 Å². The zero-order chi connectivity index (χ0) is 31.8. The van der Waals surface area contributed by atoms with Crippen molar-refractivity contribution in [2.24, 2.45) is 0 Å². The van der Waals surface area contributed by atoms with Gasteiger partial charge in [-0.15, -0.1) is 0 Å². The molecule has 3 fully saturated rings. The van der Waals surface area contributed by atoms with Crippen LogP contribution in [0.25, 0.3) is 22.3 Å². The maximum atomic E-state index is 15.7. The molecule has 45 heavy (non-hydrogen) atoms. The van der Waals surface area contributed by atoms with Crippen LogP contribution in [0.15, 0.2) is 29.7 Å². The van der Waals surface area contributed by atoms with Gasteiger partial charge in [0.2, 0.25) is 5.95 Å². The minimum atomic E-state index is -5.19. The van der Waals surface area contributed by atoms with Crippen LogP contribution in [-0.2, 0) is 36.7 Å². The third-order valence-electron chi connectivity index (χ3n) is 7.38. The molecule has 3 saturated heterocycles. The van der Waals surface area contributed by atoms with Crippen LogP contribution in [0.4, 0.5) is 16.0 Å². The van der Waals surface area contributed by atoms with Crippen LogP contribution in [0.5, 0.6) is 0 Å². The van der Waals surface area contributed by atoms with Crippen molar-refractivity contribution in [2.45, 2.75) is 49.1 Å². The van der Waals surface area contributed by atoms with Crippen molar-refractivity contribution in [2.75, 3.05) is 24.7 Å². The summed E-state index contributed by atoms with van der Waals surface area (Å²) in [7, 11) is -10.3. The zero-order valence-corrected chi connectivity index (χ0v) is 24.3. The van der Waals surface area contributed by atoms with E-state index in [1.54, 1.807) is 0 Å². The lowest BCUT2D eigenvalue weighted by Gasteiger charge is -2.25. The average molecular weight is 675 g/mol. The standard InChI is InChI=1S/C21H24FN9O12P2/c22-10-8-3-38-44(34,35)42-14-9(41-19(13(14)32)30-5-26-11-7(23)1-2-25-16(11)30)4-39-45(36,37)43-15(10)20(40-8)31-6-27-12-17(31)28-21(24)29-18(12)33/h1-2,5-6,8-10,13-15,19-20,32H,3-4H2,(H2,23,25)(H,34,35)(H,36,37)(H3,24,28,29,33)/t8-,9-,10?,13+,14?,15+,19-,20-/m1/s1. The van der Waals surface area contributed by atoms with Gasteiger partial charge in [0.05, 0.1) is 31.6 Å². The summed E-state index contributed by atoms with van der Waals surface area (Å²) in [6, 6.07) is 1.50. The van der Waals surface area contributed by atoms with Gasteiger partial charge in [-0.3, -0.25) is 37.0 Å². The van der Waals surface area contributed by atoms with E-state index in [2.05, 4.69) is 24.9 Å². The summed E-state index contributed by atoms with van der Waals surface area (Å²) < 4.78 is 76.2. The van der Waals surface area contributed by atoms with Gasteiger partial charge in [-0.2, -0.15) is 4.98 Å². The van der Waals surface area contributed by atoms with Gasteiger partial charge in [0.25, 0.3) is 5.56 Å². The predicted molar refractivity (Wildman–Crippen MR) is 145 cm³/mol. The molecule has 0 radical (unpaired) electrons. The topological polar surface area (TPSA) is 297 Å². The summed E-state index contributed by atoms with van der Waals surface area (Å²) in [6.45, 7) is -1.80. The average Bonchev–Trinajstić information content (AvgIpc) is 3.72. The SMILES string of the molecule is Nc1nc2c(ncn2[C@@H]2O[C@@H]3COP(=O)(O)OC4[C@@H](COP(=O)(O)O[C@H]2C3F)O[C@@H](n2cnc3c(N)ccnc32)[C@H]4O)c(=O)[nH]1. The Morgan fingerprint density at radius 3 is 2.27 bits per heavy atom. The third-order valence-corrected chi connectivity index (χ3v) is 9.35. The molecule has 7 heterocycles. The quantitative estimate of drug-likeness (QED) is 0.142. The van der Waals surface area contributed by atoms with E-state index < -0.39 is 83.6 Å². The first-order valence-electron chi connectivity index (χ1n) is 13.1. The minimum absolute atomic E-state index is 0.180. The first-order valence-corrected chi connectivity index (χ1v) is 16.0. The molecule has 21 nitrogen and oxygen atoms in total. The van der Waals surface area contributed by atoms with Gasteiger partial charge in [0.15, 0.2) is 35.4 Å². The van der Waals surface area contributed by atoms with Crippen LogP contribution in [0.2, 0.25) is 0 Å². The fourth-order valence-electron chi connectivity index (χ4n) is 5.35. The number of nitrogen functional groups attached to an aromatic ring is 2. The van der Waals surface area contributed by atoms with E-state index in [0.29, 0.717) is 0 Å². The smallest absolute Gasteiger partial charge is 0.397 e. The molecule has 7 rings (SSSR count). The molecule has 242 valence electrons. The van der Waals surface area contributed by atoms with E-state index in [9.17, 15) is 28.8 Å². The molecule has 10 atom stereocenters. The molecule has 4 aromatic heterocycles. The molecule has 4 unspecified atom stereocenters. The van der Waals surface area contributed by atoms with Gasteiger partial charge in [0.1, 0.15) is 36.0 Å². The molecule has 0 spiro atoms. The van der Waals surface area contributed by atoms with Gasteiger partial charge in [0, 0.05) is 6.20 Å². The van der Waals surface area contributed by atoms with Gasteiger partial charge in [-0.1, -0.05) is 0 Å². The van der Waals surface area contributed by atoms with Crippen LogP contribution >= 0.6 is 15.6 Å². The van der Waals surface area contributed by atoms with Crippen molar-refractivity contribution in [3.05, 3.63) is 35.3 Å². The highest BCUT2D eigenvalue weighted by atomic mass is 31.2. The summed E-state index contributed by atoms with van der Waals surface area (Å²) >= 11 is 0. The summed E-state index contributed by atoms with van der Waals surface area (Å²) in [5.74, 6) is -0.312. The Kier molecular flexibility index (Phi) is 7.30. The molecule has 4 aromatic rings. The largest absolute Gasteiger partial charge is 0.472 e. The number of nitrogens with zero attached hydrogens (tertiary/aromatic N) is 6. The summed E-state index contributed by atoms with van der Waals surface area (Å²) in [6.07, 6.45) is -10.1. The first kappa shape index (κ1) is 30.3. The van der Waals surface area contributed by atoms with Gasteiger partial charge < -0.3 is 35.8 Å². The number of ether oxygens (including phenoxy) is 2. The van der Waals surface area contributed by atoms with Crippen LogP contribution < -0.4 is 17.0 Å². The van der Waals surface area contributed by atoms with Gasteiger partial charge in [-0.05, 0) is 6.07 Å². The lowest BCUT2D eigenvalue weighted by atomic mass is 10.1. The highest BCUT2D eigenvalue weighted by molar-refractivity contribution is 7.47. The Labute approximate surface area is 249 Å². The number of alkyl halides is 1. The number of phosphoric ester groups is 2. The predicted octanol–water partition coefficient (Wildman–Crippen LogP) is -0.759. The van der Waals surface area contributed by atoms with Gasteiger partial charge in [-0.25, -0.2) is 28.5 Å². The molecule has 24 heteroatoms. The molecular formula is C21H24FN9O12P2. The van der Waals surface area contributed by atoms with Crippen molar-refractivity contribution in [3.63, 3.8) is 0 Å². The molecule has 3 aliphatic heterocycles. The van der Waals surface area contributed by atoms with E-state index >= 15 is 4.39 Å². The number of pyridine rings is 1. The van der Waals surface area contributed by atoms with E-state index in [1.165, 1.54) is 23.2 Å². The number of imidazole rings is 2. The second-order valence-corrected chi connectivity index (χ2v) is 13.0. The maximum absolute atomic E-state index is 15.7. The Bertz CT molecular complexity index is 1940. The van der Waals surface area contributed by atoms with Crippen molar-refractivity contribution in [3.8, 4) is 0 Å². The lowest BCUT2D eigenvalue weighted by Crippen LogP contribution is -2.36. The number of H-pyrrole nitrogens is 1. The Morgan fingerprint density at radius 1 is 0.911 bits per heavy atom. The van der Waals surface area contributed by atoms with Gasteiger partial charge >= 0.3 is 15.6 Å². The summed E-state index contributed by atoms with van der Waals surface area (Å²) in [5.41, 5.74) is 11.2. The van der Waals surface area contributed by atoms with E-state index in [4.69, 9.17) is 39.0 Å². The fraction of sp³-hybridized carbons (Fsp3) is 0.476. The molecule has 2 bridgehead atoms. The number of hydrogen-bond acceptors (Lipinski definition) is 16. The number of nitrogens with one attached hydrogen (secondary N) is 1. The number of hydrogen-bond donors (Lipinski definition) is 6. The number of aromatic nitrogens is 7.